The van der Waals surface area contributed by atoms with Crippen LogP contribution in [0.3, 0.4) is 0 Å². The average molecular weight is 277 g/mol. The fraction of sp³-hybridized carbons (Fsp3) is 0.700. The number of amides is 3. The molecule has 0 radical (unpaired) electrons. The summed E-state index contributed by atoms with van der Waals surface area (Å²) in [6, 6.07) is -0.531. The summed E-state index contributed by atoms with van der Waals surface area (Å²) < 4.78 is 4.81. The van der Waals surface area contributed by atoms with Gasteiger partial charge in [-0.25, -0.2) is 4.79 Å². The molecule has 4 N–H and O–H groups in total. The van der Waals surface area contributed by atoms with Crippen LogP contribution in [0, 0.1) is 0 Å². The molecule has 0 fully saturated rings. The molecule has 0 spiro atoms. The lowest BCUT2D eigenvalue weighted by Crippen LogP contribution is -2.46. The van der Waals surface area contributed by atoms with Crippen molar-refractivity contribution >= 4 is 17.9 Å². The van der Waals surface area contributed by atoms with Crippen molar-refractivity contribution in [2.75, 3.05) is 46.5 Å². The first-order valence-corrected chi connectivity index (χ1v) is 5.62. The molecule has 0 bridgehead atoms. The summed E-state index contributed by atoms with van der Waals surface area (Å²) in [5, 5.41) is 21.6. The second-order valence-corrected chi connectivity index (χ2v) is 3.53. The Kier molecular flexibility index (Phi) is 9.10. The van der Waals surface area contributed by atoms with Crippen LogP contribution in [0.4, 0.5) is 4.79 Å². The highest BCUT2D eigenvalue weighted by atomic mass is 16.5. The lowest BCUT2D eigenvalue weighted by atomic mass is 10.5. The molecule has 0 aliphatic carbocycles. The topological polar surface area (TPSA) is 128 Å². The van der Waals surface area contributed by atoms with Gasteiger partial charge in [0, 0.05) is 20.2 Å². The van der Waals surface area contributed by atoms with Crippen LogP contribution in [0.5, 0.6) is 0 Å². The number of urea groups is 1. The van der Waals surface area contributed by atoms with Crippen LogP contribution in [0.15, 0.2) is 0 Å². The molecule has 19 heavy (non-hydrogen) atoms. The Morgan fingerprint density at radius 3 is 2.37 bits per heavy atom. The number of hydrogen-bond acceptors (Lipinski definition) is 5. The van der Waals surface area contributed by atoms with Gasteiger partial charge < -0.3 is 30.5 Å². The average Bonchev–Trinajstić information content (AvgIpc) is 2.38. The number of aliphatic carboxylic acids is 1. The molecule has 0 saturated heterocycles. The predicted molar refractivity (Wildman–Crippen MR) is 64.6 cm³/mol. The van der Waals surface area contributed by atoms with Crippen LogP contribution >= 0.6 is 0 Å². The van der Waals surface area contributed by atoms with Gasteiger partial charge in [-0.1, -0.05) is 0 Å². The van der Waals surface area contributed by atoms with E-state index in [0.29, 0.717) is 6.61 Å². The molecule has 0 rings (SSSR count). The third-order valence-corrected chi connectivity index (χ3v) is 2.06. The molecule has 0 aliphatic rings. The SMILES string of the molecule is COCCN(CCO)C(=O)NCC(=O)NCC(=O)O. The second-order valence-electron chi connectivity index (χ2n) is 3.53. The van der Waals surface area contributed by atoms with Gasteiger partial charge in [-0.3, -0.25) is 9.59 Å². The number of carbonyl (C=O) groups is 3. The number of methoxy groups -OCH3 is 1. The Bertz CT molecular complexity index is 310. The molecule has 0 atom stereocenters. The number of nitrogens with one attached hydrogen (secondary N) is 2. The second kappa shape index (κ2) is 10.1. The zero-order valence-corrected chi connectivity index (χ0v) is 10.7. The summed E-state index contributed by atoms with van der Waals surface area (Å²) in [4.78, 5) is 34.3. The monoisotopic (exact) mass is 277 g/mol. The Morgan fingerprint density at radius 2 is 1.84 bits per heavy atom. The van der Waals surface area contributed by atoms with E-state index in [1.807, 2.05) is 0 Å². The van der Waals surface area contributed by atoms with Crippen LogP contribution in [-0.4, -0.2) is 79.5 Å². The van der Waals surface area contributed by atoms with Crippen LogP contribution in [0.1, 0.15) is 0 Å². The van der Waals surface area contributed by atoms with Gasteiger partial charge in [-0.05, 0) is 0 Å². The predicted octanol–water partition coefficient (Wildman–Crippen LogP) is -2.16. The van der Waals surface area contributed by atoms with Gasteiger partial charge in [0.15, 0.2) is 0 Å². The van der Waals surface area contributed by atoms with E-state index in [0.717, 1.165) is 0 Å². The molecule has 0 aromatic carbocycles. The Labute approximate surface area is 110 Å². The lowest BCUT2D eigenvalue weighted by Gasteiger charge is -2.21. The van der Waals surface area contributed by atoms with Gasteiger partial charge in [0.05, 0.1) is 19.8 Å². The first-order chi connectivity index (χ1) is 9.01. The molecule has 0 heterocycles. The number of ether oxygens (including phenoxy) is 1. The van der Waals surface area contributed by atoms with Crippen molar-refractivity contribution in [3.8, 4) is 0 Å². The highest BCUT2D eigenvalue weighted by Gasteiger charge is 2.13. The number of nitrogens with zero attached hydrogens (tertiary/aromatic N) is 1. The van der Waals surface area contributed by atoms with Crippen molar-refractivity contribution in [3.05, 3.63) is 0 Å². The van der Waals surface area contributed by atoms with Crippen LogP contribution in [0.2, 0.25) is 0 Å². The third-order valence-electron chi connectivity index (χ3n) is 2.06. The lowest BCUT2D eigenvalue weighted by molar-refractivity contribution is -0.137. The summed E-state index contributed by atoms with van der Waals surface area (Å²) in [7, 11) is 1.48. The molecule has 9 heteroatoms. The molecular formula is C10H19N3O6. The molecule has 3 amide bonds. The van der Waals surface area contributed by atoms with Crippen LogP contribution < -0.4 is 10.6 Å². The van der Waals surface area contributed by atoms with E-state index < -0.39 is 24.5 Å². The summed E-state index contributed by atoms with van der Waals surface area (Å²) in [5.74, 6) is -1.77. The Morgan fingerprint density at radius 1 is 1.16 bits per heavy atom. The first kappa shape index (κ1) is 17.1. The molecule has 0 aliphatic heterocycles. The summed E-state index contributed by atoms with van der Waals surface area (Å²) in [6.45, 7) is -0.341. The van der Waals surface area contributed by atoms with Crippen molar-refractivity contribution in [1.29, 1.82) is 0 Å². The molecule has 0 unspecified atom stereocenters. The molecule has 9 nitrogen and oxygen atoms in total. The molecule has 0 saturated carbocycles. The first-order valence-electron chi connectivity index (χ1n) is 5.62. The Balaban J connectivity index is 4.03. The van der Waals surface area contributed by atoms with Crippen molar-refractivity contribution in [2.24, 2.45) is 0 Å². The third kappa shape index (κ3) is 8.80. The van der Waals surface area contributed by atoms with Crippen LogP contribution in [-0.2, 0) is 14.3 Å². The number of carbonyl (C=O) groups excluding carboxylic acids is 2. The molecule has 110 valence electrons. The minimum absolute atomic E-state index is 0.117. The number of aliphatic hydroxyl groups is 1. The van der Waals surface area contributed by atoms with Crippen molar-refractivity contribution < 1.29 is 29.3 Å². The van der Waals surface area contributed by atoms with Crippen LogP contribution in [0.25, 0.3) is 0 Å². The zero-order valence-electron chi connectivity index (χ0n) is 10.7. The highest BCUT2D eigenvalue weighted by Crippen LogP contribution is 1.89. The fourth-order valence-corrected chi connectivity index (χ4v) is 1.14. The van der Waals surface area contributed by atoms with E-state index >= 15 is 0 Å². The summed E-state index contributed by atoms with van der Waals surface area (Å²) in [6.07, 6.45) is 0. The van der Waals surface area contributed by atoms with Gasteiger partial charge in [0.2, 0.25) is 5.91 Å². The zero-order chi connectivity index (χ0) is 14.7. The highest BCUT2D eigenvalue weighted by molar-refractivity contribution is 5.86. The van der Waals surface area contributed by atoms with Gasteiger partial charge >= 0.3 is 12.0 Å². The summed E-state index contributed by atoms with van der Waals surface area (Å²) >= 11 is 0. The van der Waals surface area contributed by atoms with Gasteiger partial charge in [-0.15, -0.1) is 0 Å². The minimum Gasteiger partial charge on any atom is -0.480 e. The maximum Gasteiger partial charge on any atom is 0.322 e. The van der Waals surface area contributed by atoms with E-state index in [4.69, 9.17) is 14.9 Å². The van der Waals surface area contributed by atoms with E-state index in [9.17, 15) is 14.4 Å². The van der Waals surface area contributed by atoms with E-state index in [2.05, 4.69) is 10.6 Å². The normalized spacial score (nSPS) is 9.79. The maximum atomic E-state index is 11.6. The number of rotatable bonds is 9. The standard InChI is InChI=1S/C10H19N3O6/c1-19-5-3-13(2-4-14)10(18)12-6-8(15)11-7-9(16)17/h14H,2-7H2,1H3,(H,11,15)(H,12,18)(H,16,17). The van der Waals surface area contributed by atoms with E-state index in [1.165, 1.54) is 12.0 Å². The number of aliphatic hydroxyl groups excluding tert-OH is 1. The van der Waals surface area contributed by atoms with E-state index in [1.54, 1.807) is 0 Å². The number of carboxylic acid groups (broad SMARTS) is 1. The Hall–Kier alpha value is -1.87. The molecule has 0 aromatic heterocycles. The smallest absolute Gasteiger partial charge is 0.322 e. The maximum absolute atomic E-state index is 11.6. The van der Waals surface area contributed by atoms with Gasteiger partial charge in [-0.2, -0.15) is 0 Å². The number of carboxylic acids is 1. The number of hydrogen-bond donors (Lipinski definition) is 4. The van der Waals surface area contributed by atoms with Gasteiger partial charge in [0.1, 0.15) is 6.54 Å². The minimum atomic E-state index is -1.17. The quantitative estimate of drug-likeness (QED) is 0.380. The summed E-state index contributed by atoms with van der Waals surface area (Å²) in [5.41, 5.74) is 0. The fourth-order valence-electron chi connectivity index (χ4n) is 1.14. The van der Waals surface area contributed by atoms with Gasteiger partial charge in [0.25, 0.3) is 0 Å². The largest absolute Gasteiger partial charge is 0.480 e. The molecule has 0 aromatic rings. The molecular weight excluding hydrogens is 258 g/mol. The van der Waals surface area contributed by atoms with E-state index in [-0.39, 0.29) is 26.2 Å². The van der Waals surface area contributed by atoms with Crippen molar-refractivity contribution in [3.63, 3.8) is 0 Å². The van der Waals surface area contributed by atoms with Crippen molar-refractivity contribution in [2.45, 2.75) is 0 Å². The van der Waals surface area contributed by atoms with Crippen molar-refractivity contribution in [1.82, 2.24) is 15.5 Å².